The average molecular weight is 422 g/mol. The summed E-state index contributed by atoms with van der Waals surface area (Å²) in [5.41, 5.74) is 8.07. The van der Waals surface area contributed by atoms with Crippen LogP contribution >= 0.6 is 0 Å². The van der Waals surface area contributed by atoms with E-state index in [1.54, 1.807) is 6.07 Å². The number of aliphatic imine (C=N–C) groups is 1. The summed E-state index contributed by atoms with van der Waals surface area (Å²) in [6.45, 7) is 5.69. The predicted octanol–water partition coefficient (Wildman–Crippen LogP) is 3.73. The lowest BCUT2D eigenvalue weighted by Gasteiger charge is -2.31. The molecule has 3 rings (SSSR count). The molecule has 0 radical (unpaired) electrons. The maximum atomic E-state index is 12.5. The Labute approximate surface area is 173 Å². The van der Waals surface area contributed by atoms with Crippen LogP contribution in [0.25, 0.3) is 0 Å². The molecule has 0 bridgehead atoms. The van der Waals surface area contributed by atoms with Crippen molar-refractivity contribution < 1.29 is 22.6 Å². The number of anilines is 1. The van der Waals surface area contributed by atoms with Crippen LogP contribution in [-0.2, 0) is 17.8 Å². The van der Waals surface area contributed by atoms with Gasteiger partial charge in [-0.3, -0.25) is 4.90 Å². The van der Waals surface area contributed by atoms with Gasteiger partial charge in [-0.25, -0.2) is 4.99 Å². The minimum Gasteiger partial charge on any atom is -0.404 e. The van der Waals surface area contributed by atoms with E-state index in [0.29, 0.717) is 6.54 Å². The Morgan fingerprint density at radius 2 is 2.00 bits per heavy atom. The molecule has 0 aliphatic carbocycles. The van der Waals surface area contributed by atoms with Crippen LogP contribution in [-0.4, -0.2) is 43.0 Å². The highest BCUT2D eigenvalue weighted by Crippen LogP contribution is 2.29. The summed E-state index contributed by atoms with van der Waals surface area (Å²) in [7, 11) is 0. The van der Waals surface area contributed by atoms with Crippen LogP contribution in [0.3, 0.4) is 0 Å². The van der Waals surface area contributed by atoms with Gasteiger partial charge in [-0.1, -0.05) is 36.4 Å². The summed E-state index contributed by atoms with van der Waals surface area (Å²) in [6.07, 6.45) is -4.57. The molecule has 1 saturated heterocycles. The van der Waals surface area contributed by atoms with E-state index in [9.17, 15) is 13.2 Å². The van der Waals surface area contributed by atoms with Gasteiger partial charge in [0.2, 0.25) is 0 Å². The molecule has 2 aromatic carbocycles. The fourth-order valence-corrected chi connectivity index (χ4v) is 3.26. The van der Waals surface area contributed by atoms with Gasteiger partial charge in [0.1, 0.15) is 0 Å². The van der Waals surface area contributed by atoms with Crippen LogP contribution in [0, 0.1) is 0 Å². The number of hydrogen-bond donors (Lipinski definition) is 2. The number of benzene rings is 2. The maximum absolute atomic E-state index is 12.5. The van der Waals surface area contributed by atoms with Gasteiger partial charge in [0.05, 0.1) is 24.9 Å². The molecule has 1 aliphatic heterocycles. The van der Waals surface area contributed by atoms with E-state index in [1.807, 2.05) is 12.1 Å². The third kappa shape index (κ3) is 6.93. The number of rotatable bonds is 6. The van der Waals surface area contributed by atoms with Crippen LogP contribution in [0.2, 0.25) is 0 Å². The highest BCUT2D eigenvalue weighted by atomic mass is 19.4. The topological polar surface area (TPSA) is 72.1 Å². The molecule has 6 nitrogen and oxygen atoms in total. The number of halogens is 3. The second-order valence-electron chi connectivity index (χ2n) is 7.11. The molecule has 1 aliphatic rings. The molecule has 9 heteroatoms. The van der Waals surface area contributed by atoms with Crippen LogP contribution in [0.5, 0.6) is 5.75 Å². The SMILES string of the molecule is CC1CN(Cc2cccc(CN=C(N)Nc3ccccc3OC(F)(F)F)c2)CCO1. The van der Waals surface area contributed by atoms with E-state index in [4.69, 9.17) is 10.5 Å². The van der Waals surface area contributed by atoms with Crippen molar-refractivity contribution in [1.82, 2.24) is 4.90 Å². The minimum atomic E-state index is -4.79. The highest BCUT2D eigenvalue weighted by molar-refractivity contribution is 5.93. The van der Waals surface area contributed by atoms with Crippen molar-refractivity contribution in [2.75, 3.05) is 25.0 Å². The minimum absolute atomic E-state index is 0.000585. The third-order valence-corrected chi connectivity index (χ3v) is 4.53. The molecule has 0 spiro atoms. The highest BCUT2D eigenvalue weighted by Gasteiger charge is 2.32. The average Bonchev–Trinajstić information content (AvgIpc) is 2.67. The standard InChI is InChI=1S/C21H25F3N4O2/c1-15-13-28(9-10-29-15)14-17-6-4-5-16(11-17)12-26-20(25)27-18-7-2-3-8-19(18)30-21(22,23)24/h2-8,11,15H,9-10,12-14H2,1H3,(H3,25,26,27). The molecule has 30 heavy (non-hydrogen) atoms. The first-order valence-electron chi connectivity index (χ1n) is 9.62. The predicted molar refractivity (Wildman–Crippen MR) is 109 cm³/mol. The van der Waals surface area contributed by atoms with Crippen molar-refractivity contribution >= 4 is 11.6 Å². The molecule has 0 amide bonds. The second kappa shape index (κ2) is 9.82. The quantitative estimate of drug-likeness (QED) is 0.548. The number of guanidine groups is 1. The summed E-state index contributed by atoms with van der Waals surface area (Å²) in [5.74, 6) is -0.370. The molecule has 0 saturated carbocycles. The molecule has 1 fully saturated rings. The van der Waals surface area contributed by atoms with Crippen molar-refractivity contribution in [2.45, 2.75) is 32.5 Å². The number of nitrogens with two attached hydrogens (primary N) is 1. The van der Waals surface area contributed by atoms with E-state index in [-0.39, 0.29) is 23.5 Å². The number of hydrogen-bond acceptors (Lipinski definition) is 4. The van der Waals surface area contributed by atoms with Crippen LogP contribution in [0.1, 0.15) is 18.1 Å². The van der Waals surface area contributed by atoms with E-state index >= 15 is 0 Å². The number of morpholine rings is 1. The molecule has 3 N–H and O–H groups in total. The Morgan fingerprint density at radius 3 is 2.77 bits per heavy atom. The van der Waals surface area contributed by atoms with Crippen molar-refractivity contribution in [2.24, 2.45) is 10.7 Å². The lowest BCUT2D eigenvalue weighted by atomic mass is 10.1. The Hall–Kier alpha value is -2.78. The zero-order chi connectivity index (χ0) is 21.6. The van der Waals surface area contributed by atoms with E-state index in [1.165, 1.54) is 18.2 Å². The summed E-state index contributed by atoms with van der Waals surface area (Å²) in [6, 6.07) is 13.7. The summed E-state index contributed by atoms with van der Waals surface area (Å²) < 4.78 is 47.2. The van der Waals surface area contributed by atoms with E-state index in [0.717, 1.165) is 37.4 Å². The largest absolute Gasteiger partial charge is 0.573 e. The van der Waals surface area contributed by atoms with Gasteiger partial charge >= 0.3 is 6.36 Å². The molecule has 1 atom stereocenters. The van der Waals surface area contributed by atoms with Gasteiger partial charge in [0.25, 0.3) is 0 Å². The monoisotopic (exact) mass is 422 g/mol. The lowest BCUT2D eigenvalue weighted by molar-refractivity contribution is -0.274. The van der Waals surface area contributed by atoms with Gasteiger partial charge in [-0.05, 0) is 30.2 Å². The van der Waals surface area contributed by atoms with Gasteiger partial charge in [0, 0.05) is 19.6 Å². The number of nitrogens with one attached hydrogen (secondary N) is 1. The number of ether oxygens (including phenoxy) is 2. The molecule has 162 valence electrons. The van der Waals surface area contributed by atoms with Crippen LogP contribution < -0.4 is 15.8 Å². The Balaban J connectivity index is 1.61. The second-order valence-corrected chi connectivity index (χ2v) is 7.11. The smallest absolute Gasteiger partial charge is 0.404 e. The van der Waals surface area contributed by atoms with E-state index in [2.05, 4.69) is 39.0 Å². The van der Waals surface area contributed by atoms with E-state index < -0.39 is 6.36 Å². The van der Waals surface area contributed by atoms with Crippen LogP contribution in [0.15, 0.2) is 53.5 Å². The molecular weight excluding hydrogens is 397 g/mol. The van der Waals surface area contributed by atoms with Gasteiger partial charge in [-0.2, -0.15) is 0 Å². The normalized spacial score (nSPS) is 18.3. The summed E-state index contributed by atoms with van der Waals surface area (Å²) in [5, 5.41) is 2.67. The first-order valence-corrected chi connectivity index (χ1v) is 9.62. The molecule has 2 aromatic rings. The van der Waals surface area contributed by atoms with Crippen molar-refractivity contribution in [3.05, 3.63) is 59.7 Å². The molecular formula is C21H25F3N4O2. The van der Waals surface area contributed by atoms with Gasteiger partial charge < -0.3 is 20.5 Å². The van der Waals surface area contributed by atoms with Crippen LogP contribution in [0.4, 0.5) is 18.9 Å². The molecule has 1 unspecified atom stereocenters. The maximum Gasteiger partial charge on any atom is 0.573 e. The van der Waals surface area contributed by atoms with Crippen molar-refractivity contribution in [1.29, 1.82) is 0 Å². The Bertz CT molecular complexity index is 873. The first kappa shape index (κ1) is 21.9. The summed E-state index contributed by atoms with van der Waals surface area (Å²) in [4.78, 5) is 6.58. The fourth-order valence-electron chi connectivity index (χ4n) is 3.26. The Kier molecular flexibility index (Phi) is 7.17. The number of para-hydroxylation sites is 2. The zero-order valence-corrected chi connectivity index (χ0v) is 16.7. The van der Waals surface area contributed by atoms with Crippen molar-refractivity contribution in [3.8, 4) is 5.75 Å². The van der Waals surface area contributed by atoms with Crippen molar-refractivity contribution in [3.63, 3.8) is 0 Å². The number of alkyl halides is 3. The zero-order valence-electron chi connectivity index (χ0n) is 16.7. The summed E-state index contributed by atoms with van der Waals surface area (Å²) >= 11 is 0. The fraction of sp³-hybridized carbons (Fsp3) is 0.381. The molecule has 1 heterocycles. The number of nitrogens with zero attached hydrogens (tertiary/aromatic N) is 2. The lowest BCUT2D eigenvalue weighted by Crippen LogP contribution is -2.40. The van der Waals surface area contributed by atoms with Gasteiger partial charge in [0.15, 0.2) is 11.7 Å². The third-order valence-electron chi connectivity index (χ3n) is 4.53. The first-order chi connectivity index (χ1) is 14.3. The molecule has 0 aromatic heterocycles. The Morgan fingerprint density at radius 1 is 1.23 bits per heavy atom. The van der Waals surface area contributed by atoms with Gasteiger partial charge in [-0.15, -0.1) is 13.2 Å².